The summed E-state index contributed by atoms with van der Waals surface area (Å²) in [4.78, 5) is 0. The molecule has 7 heteroatoms. The Kier molecular flexibility index (Phi) is 13.2. The zero-order valence-corrected chi connectivity index (χ0v) is 16.2. The molecule has 0 saturated heterocycles. The van der Waals surface area contributed by atoms with Gasteiger partial charge in [0.2, 0.25) is 0 Å². The van der Waals surface area contributed by atoms with Gasteiger partial charge in [0.05, 0.1) is 13.2 Å². The summed E-state index contributed by atoms with van der Waals surface area (Å²) < 4.78 is 17.7. The summed E-state index contributed by atoms with van der Waals surface area (Å²) in [7, 11) is -2.80. The molecule has 21 heavy (non-hydrogen) atoms. The number of allylic oxidation sites excluding steroid dienone is 2. The number of hydrogen-bond acceptors (Lipinski definition) is 3. The maximum atomic E-state index is 5.94. The molecule has 0 saturated carbocycles. The number of hydrogen-bond donors (Lipinski definition) is 0. The first-order chi connectivity index (χ1) is 9.95. The average molecular weight is 376 g/mol. The van der Waals surface area contributed by atoms with Gasteiger partial charge < -0.3 is 13.3 Å². The second-order valence-corrected chi connectivity index (χ2v) is 8.83. The maximum absolute atomic E-state index is 5.94. The van der Waals surface area contributed by atoms with Gasteiger partial charge in [0, 0.05) is 28.6 Å². The van der Waals surface area contributed by atoms with Gasteiger partial charge in [0.1, 0.15) is 0 Å². The van der Waals surface area contributed by atoms with Crippen LogP contribution in [0.3, 0.4) is 0 Å². The summed E-state index contributed by atoms with van der Waals surface area (Å²) >= 11 is 17.5. The molecule has 3 nitrogen and oxygen atoms in total. The number of rotatable bonds is 12. The van der Waals surface area contributed by atoms with Crippen LogP contribution in [-0.4, -0.2) is 34.5 Å². The molecule has 0 aromatic carbocycles. The molecule has 0 radical (unpaired) electrons. The van der Waals surface area contributed by atoms with Crippen molar-refractivity contribution in [3.8, 4) is 0 Å². The predicted molar refractivity (Wildman–Crippen MR) is 93.3 cm³/mol. The third-order valence-electron chi connectivity index (χ3n) is 2.56. The van der Waals surface area contributed by atoms with Crippen molar-refractivity contribution in [2.75, 3.05) is 25.7 Å². The Bertz CT molecular complexity index is 305. The molecule has 0 rings (SSSR count). The molecule has 0 aliphatic carbocycles. The van der Waals surface area contributed by atoms with E-state index in [1.165, 1.54) is 0 Å². The quantitative estimate of drug-likeness (QED) is 0.263. The van der Waals surface area contributed by atoms with E-state index in [1.807, 2.05) is 0 Å². The Labute approximate surface area is 144 Å². The Balaban J connectivity index is 4.75. The van der Waals surface area contributed by atoms with Gasteiger partial charge in [0.25, 0.3) is 0 Å². The monoisotopic (exact) mass is 374 g/mol. The molecular weight excluding hydrogens is 351 g/mol. The van der Waals surface area contributed by atoms with E-state index >= 15 is 0 Å². The minimum Gasteiger partial charge on any atom is -0.373 e. The van der Waals surface area contributed by atoms with Gasteiger partial charge in [0.15, 0.2) is 0 Å². The molecule has 0 atom stereocenters. The van der Waals surface area contributed by atoms with Crippen molar-refractivity contribution in [3.63, 3.8) is 0 Å². The molecule has 0 aliphatic heterocycles. The third-order valence-corrected chi connectivity index (χ3v) is 6.09. The van der Waals surface area contributed by atoms with Crippen molar-refractivity contribution < 1.29 is 13.3 Å². The van der Waals surface area contributed by atoms with Crippen LogP contribution in [0.1, 0.15) is 33.6 Å². The van der Waals surface area contributed by atoms with Crippen LogP contribution in [0.25, 0.3) is 0 Å². The van der Waals surface area contributed by atoms with Crippen molar-refractivity contribution in [1.82, 2.24) is 0 Å². The fraction of sp³-hybridized carbons (Fsp3) is 0.714. The number of alkyl halides is 1. The normalized spacial score (nSPS) is 16.1. The fourth-order valence-corrected chi connectivity index (χ4v) is 4.26. The van der Waals surface area contributed by atoms with E-state index in [0.29, 0.717) is 41.8 Å². The highest BCUT2D eigenvalue weighted by Gasteiger charge is 2.40. The van der Waals surface area contributed by atoms with Gasteiger partial charge in [-0.3, -0.25) is 0 Å². The van der Waals surface area contributed by atoms with Gasteiger partial charge in [-0.05, 0) is 32.4 Å². The molecule has 0 bridgehead atoms. The summed E-state index contributed by atoms with van der Waals surface area (Å²) in [6.45, 7) is 7.02. The summed E-state index contributed by atoms with van der Waals surface area (Å²) in [5, 5.41) is 1.35. The first-order valence-electron chi connectivity index (χ1n) is 7.08. The number of unbranched alkanes of at least 4 members (excludes halogenated alkanes) is 1. The average Bonchev–Trinajstić information content (AvgIpc) is 2.38. The Morgan fingerprint density at radius 2 is 1.52 bits per heavy atom. The van der Waals surface area contributed by atoms with E-state index in [4.69, 9.17) is 48.1 Å². The van der Waals surface area contributed by atoms with E-state index in [2.05, 4.69) is 6.92 Å². The second-order valence-electron chi connectivity index (χ2n) is 4.53. The third kappa shape index (κ3) is 11.6. The minimum atomic E-state index is -2.80. The first kappa shape index (κ1) is 21.4. The van der Waals surface area contributed by atoms with E-state index in [9.17, 15) is 0 Å². The van der Waals surface area contributed by atoms with Crippen molar-refractivity contribution >= 4 is 43.6 Å². The molecule has 0 spiro atoms. The topological polar surface area (TPSA) is 27.7 Å². The lowest BCUT2D eigenvalue weighted by Crippen LogP contribution is -2.46. The molecule has 0 N–H and O–H groups in total. The molecule has 0 heterocycles. The Hall–Kier alpha value is 0.447. The lowest BCUT2D eigenvalue weighted by molar-refractivity contribution is 0.0765. The van der Waals surface area contributed by atoms with Crippen molar-refractivity contribution in [3.05, 3.63) is 22.2 Å². The van der Waals surface area contributed by atoms with Crippen LogP contribution in [0.5, 0.6) is 0 Å². The molecule has 124 valence electrons. The summed E-state index contributed by atoms with van der Waals surface area (Å²) in [6, 6.07) is 0.558. The van der Waals surface area contributed by atoms with Crippen LogP contribution in [0.15, 0.2) is 22.2 Å². The molecular formula is C14H25Cl3O3Si. The first-order valence-corrected chi connectivity index (χ1v) is 10.3. The van der Waals surface area contributed by atoms with Crippen LogP contribution in [-0.2, 0) is 13.3 Å². The van der Waals surface area contributed by atoms with Crippen LogP contribution in [0, 0.1) is 0 Å². The van der Waals surface area contributed by atoms with E-state index in [0.717, 1.165) is 12.8 Å². The molecule has 0 aromatic heterocycles. The second kappa shape index (κ2) is 12.9. The largest absolute Gasteiger partial charge is 0.502 e. The van der Waals surface area contributed by atoms with E-state index < -0.39 is 8.80 Å². The van der Waals surface area contributed by atoms with Crippen LogP contribution in [0.4, 0.5) is 0 Å². The maximum Gasteiger partial charge on any atom is 0.502 e. The lowest BCUT2D eigenvalue weighted by Gasteiger charge is -2.28. The molecule has 0 unspecified atom stereocenters. The standard InChI is InChI=1S/C14H25Cl3O3Si/c1-4-5-9-18-21(12-8-15,19-10-6-13(2)16)20-11-7-14(3)17/h6-7H,4-5,8-12H2,1-3H3. The van der Waals surface area contributed by atoms with E-state index in [1.54, 1.807) is 26.0 Å². The van der Waals surface area contributed by atoms with Gasteiger partial charge in [-0.2, -0.15) is 0 Å². The highest BCUT2D eigenvalue weighted by Crippen LogP contribution is 2.19. The zero-order valence-electron chi connectivity index (χ0n) is 13.0. The van der Waals surface area contributed by atoms with Crippen molar-refractivity contribution in [1.29, 1.82) is 0 Å². The van der Waals surface area contributed by atoms with Crippen molar-refractivity contribution in [2.45, 2.75) is 39.7 Å². The predicted octanol–water partition coefficient (Wildman–Crippen LogP) is 5.30. The van der Waals surface area contributed by atoms with Gasteiger partial charge in [-0.1, -0.05) is 36.5 Å². The summed E-state index contributed by atoms with van der Waals surface area (Å²) in [5.41, 5.74) is 0. The Morgan fingerprint density at radius 1 is 1.00 bits per heavy atom. The van der Waals surface area contributed by atoms with Gasteiger partial charge in [-0.25, -0.2) is 0 Å². The highest BCUT2D eigenvalue weighted by molar-refractivity contribution is 6.61. The SMILES string of the molecule is CCCCO[Si](CCCl)(OCC=C(C)Cl)OCC=C(C)Cl. The van der Waals surface area contributed by atoms with Gasteiger partial charge >= 0.3 is 8.80 Å². The van der Waals surface area contributed by atoms with Crippen LogP contribution >= 0.6 is 34.8 Å². The molecule has 0 aromatic rings. The molecule has 0 fully saturated rings. The zero-order chi connectivity index (χ0) is 16.1. The Morgan fingerprint density at radius 3 is 1.90 bits per heavy atom. The molecule has 0 amide bonds. The minimum absolute atomic E-state index is 0.355. The fourth-order valence-electron chi connectivity index (χ4n) is 1.40. The summed E-state index contributed by atoms with van der Waals surface area (Å²) in [6.07, 6.45) is 5.57. The van der Waals surface area contributed by atoms with E-state index in [-0.39, 0.29) is 0 Å². The molecule has 0 aliphatic rings. The van der Waals surface area contributed by atoms with Crippen LogP contribution < -0.4 is 0 Å². The van der Waals surface area contributed by atoms with Crippen LogP contribution in [0.2, 0.25) is 6.04 Å². The highest BCUT2D eigenvalue weighted by atomic mass is 35.5. The van der Waals surface area contributed by atoms with Crippen molar-refractivity contribution in [2.24, 2.45) is 0 Å². The van der Waals surface area contributed by atoms with Gasteiger partial charge in [-0.15, -0.1) is 11.6 Å². The number of halogens is 3. The summed E-state index contributed by atoms with van der Waals surface area (Å²) in [5.74, 6) is 0.422. The smallest absolute Gasteiger partial charge is 0.373 e. The lowest BCUT2D eigenvalue weighted by atomic mass is 10.4.